The Balaban J connectivity index is 2.44. The summed E-state index contributed by atoms with van der Waals surface area (Å²) in [5.74, 6) is 0. The van der Waals surface area contributed by atoms with Crippen LogP contribution in [0, 0.1) is 17.4 Å². The molecule has 3 heteroatoms. The van der Waals surface area contributed by atoms with Gasteiger partial charge in [0.2, 0.25) is 0 Å². The molecule has 0 fully saturated rings. The van der Waals surface area contributed by atoms with Gasteiger partial charge in [-0.15, -0.1) is 0 Å². The highest BCUT2D eigenvalue weighted by Gasteiger charge is 2.13. The van der Waals surface area contributed by atoms with Crippen LogP contribution >= 0.6 is 34.2 Å². The fourth-order valence-corrected chi connectivity index (χ4v) is 2.52. The largest absolute Gasteiger partial charge is 0.320 e. The van der Waals surface area contributed by atoms with E-state index < -0.39 is 0 Å². The molecule has 1 atom stereocenters. The molecule has 0 aliphatic rings. The fourth-order valence-electron chi connectivity index (χ4n) is 2.00. The summed E-state index contributed by atoms with van der Waals surface area (Å²) in [6, 6.07) is 12.1. The van der Waals surface area contributed by atoms with Crippen LogP contribution in [0.5, 0.6) is 0 Å². The molecule has 0 heterocycles. The number of benzene rings is 2. The molecule has 2 N–H and O–H groups in total. The normalized spacial score (nSPS) is 12.5. The number of halogens is 2. The van der Waals surface area contributed by atoms with Gasteiger partial charge in [-0.1, -0.05) is 35.9 Å². The van der Waals surface area contributed by atoms with Crippen molar-refractivity contribution in [1.29, 1.82) is 0 Å². The van der Waals surface area contributed by atoms with Crippen LogP contribution in [-0.2, 0) is 0 Å². The van der Waals surface area contributed by atoms with Crippen molar-refractivity contribution in [3.63, 3.8) is 0 Å². The van der Waals surface area contributed by atoms with E-state index in [4.69, 9.17) is 17.3 Å². The highest BCUT2D eigenvalue weighted by Crippen LogP contribution is 2.28. The smallest absolute Gasteiger partial charge is 0.0554 e. The molecule has 2 aromatic rings. The molecule has 0 radical (unpaired) electrons. The Morgan fingerprint density at radius 2 is 1.89 bits per heavy atom. The molecule has 0 aliphatic carbocycles. The maximum Gasteiger partial charge on any atom is 0.0554 e. The zero-order valence-corrected chi connectivity index (χ0v) is 13.3. The van der Waals surface area contributed by atoms with Crippen molar-refractivity contribution >= 4 is 34.2 Å². The van der Waals surface area contributed by atoms with Gasteiger partial charge in [0.25, 0.3) is 0 Å². The molecule has 1 nitrogen and oxygen atoms in total. The minimum Gasteiger partial charge on any atom is -0.320 e. The lowest BCUT2D eigenvalue weighted by molar-refractivity contribution is 0.858. The van der Waals surface area contributed by atoms with Crippen LogP contribution in [0.25, 0.3) is 0 Å². The molecule has 0 bridgehead atoms. The predicted octanol–water partition coefficient (Wildman–Crippen LogP) is 4.61. The standard InChI is InChI=1S/C15H15ClIN/c1-9-4-3-5-12(10(9)2)15(18)11-6-7-14(17)13(16)8-11/h3-8,15H,18H2,1-2H3. The Labute approximate surface area is 126 Å². The zero-order chi connectivity index (χ0) is 13.3. The summed E-state index contributed by atoms with van der Waals surface area (Å²) < 4.78 is 1.05. The van der Waals surface area contributed by atoms with Gasteiger partial charge in [0.05, 0.1) is 11.1 Å². The zero-order valence-electron chi connectivity index (χ0n) is 10.4. The van der Waals surface area contributed by atoms with E-state index in [2.05, 4.69) is 48.6 Å². The van der Waals surface area contributed by atoms with E-state index in [-0.39, 0.29) is 6.04 Å². The van der Waals surface area contributed by atoms with E-state index in [1.54, 1.807) is 0 Å². The second-order valence-electron chi connectivity index (χ2n) is 4.44. The summed E-state index contributed by atoms with van der Waals surface area (Å²) in [5.41, 5.74) is 11.1. The van der Waals surface area contributed by atoms with E-state index in [0.29, 0.717) is 0 Å². The SMILES string of the molecule is Cc1cccc(C(N)c2ccc(I)c(Cl)c2)c1C. The Hall–Kier alpha value is -0.580. The van der Waals surface area contributed by atoms with Gasteiger partial charge in [-0.2, -0.15) is 0 Å². The van der Waals surface area contributed by atoms with Gasteiger partial charge in [-0.05, 0) is 70.8 Å². The fraction of sp³-hybridized carbons (Fsp3) is 0.200. The third-order valence-electron chi connectivity index (χ3n) is 3.28. The maximum absolute atomic E-state index is 6.34. The highest BCUT2D eigenvalue weighted by atomic mass is 127. The van der Waals surface area contributed by atoms with Gasteiger partial charge in [-0.25, -0.2) is 0 Å². The van der Waals surface area contributed by atoms with Crippen LogP contribution in [0.4, 0.5) is 0 Å². The van der Waals surface area contributed by atoms with Crippen molar-refractivity contribution in [3.8, 4) is 0 Å². The lowest BCUT2D eigenvalue weighted by atomic mass is 9.93. The van der Waals surface area contributed by atoms with Gasteiger partial charge in [-0.3, -0.25) is 0 Å². The van der Waals surface area contributed by atoms with Crippen molar-refractivity contribution in [2.45, 2.75) is 19.9 Å². The number of nitrogens with two attached hydrogens (primary N) is 1. The van der Waals surface area contributed by atoms with E-state index in [1.807, 2.05) is 24.3 Å². The van der Waals surface area contributed by atoms with Crippen LogP contribution < -0.4 is 5.73 Å². The van der Waals surface area contributed by atoms with Gasteiger partial charge in [0.15, 0.2) is 0 Å². The van der Waals surface area contributed by atoms with Crippen molar-refractivity contribution < 1.29 is 0 Å². The topological polar surface area (TPSA) is 26.0 Å². The first-order valence-electron chi connectivity index (χ1n) is 5.77. The number of rotatable bonds is 2. The molecule has 0 aliphatic heterocycles. The molecule has 1 unspecified atom stereocenters. The summed E-state index contributed by atoms with van der Waals surface area (Å²) in [5, 5.41) is 0.758. The van der Waals surface area contributed by atoms with Crippen molar-refractivity contribution in [2.24, 2.45) is 5.73 Å². The van der Waals surface area contributed by atoms with E-state index in [0.717, 1.165) is 19.7 Å². The summed E-state index contributed by atoms with van der Waals surface area (Å²) in [4.78, 5) is 0. The molecule has 0 saturated carbocycles. The first-order valence-corrected chi connectivity index (χ1v) is 7.23. The van der Waals surface area contributed by atoms with Gasteiger partial charge in [0.1, 0.15) is 0 Å². The Morgan fingerprint density at radius 1 is 1.17 bits per heavy atom. The van der Waals surface area contributed by atoms with Crippen molar-refractivity contribution in [2.75, 3.05) is 0 Å². The molecule has 0 amide bonds. The van der Waals surface area contributed by atoms with Gasteiger partial charge >= 0.3 is 0 Å². The lowest BCUT2D eigenvalue weighted by Crippen LogP contribution is -2.13. The van der Waals surface area contributed by atoms with Crippen molar-refractivity contribution in [1.82, 2.24) is 0 Å². The van der Waals surface area contributed by atoms with Crippen LogP contribution in [0.1, 0.15) is 28.3 Å². The molecule has 2 aromatic carbocycles. The molecule has 0 spiro atoms. The molecule has 0 saturated heterocycles. The summed E-state index contributed by atoms with van der Waals surface area (Å²) in [7, 11) is 0. The average Bonchev–Trinajstić information content (AvgIpc) is 2.35. The second-order valence-corrected chi connectivity index (χ2v) is 6.01. The summed E-state index contributed by atoms with van der Waals surface area (Å²) in [6.07, 6.45) is 0. The molecule has 2 rings (SSSR count). The number of aryl methyl sites for hydroxylation is 1. The minimum atomic E-state index is -0.126. The molecular weight excluding hydrogens is 357 g/mol. The highest BCUT2D eigenvalue weighted by molar-refractivity contribution is 14.1. The quantitative estimate of drug-likeness (QED) is 0.767. The average molecular weight is 372 g/mol. The van der Waals surface area contributed by atoms with E-state index >= 15 is 0 Å². The Kier molecular flexibility index (Phi) is 4.30. The second kappa shape index (κ2) is 5.59. The Bertz CT molecular complexity index is 581. The van der Waals surface area contributed by atoms with Crippen LogP contribution in [0.15, 0.2) is 36.4 Å². The van der Waals surface area contributed by atoms with Crippen LogP contribution in [-0.4, -0.2) is 0 Å². The summed E-state index contributed by atoms with van der Waals surface area (Å²) in [6.45, 7) is 4.21. The summed E-state index contributed by atoms with van der Waals surface area (Å²) >= 11 is 8.37. The molecule has 0 aromatic heterocycles. The number of hydrogen-bond donors (Lipinski definition) is 1. The maximum atomic E-state index is 6.34. The number of hydrogen-bond acceptors (Lipinski definition) is 1. The van der Waals surface area contributed by atoms with Gasteiger partial charge in [0, 0.05) is 3.57 Å². The van der Waals surface area contributed by atoms with Crippen LogP contribution in [0.3, 0.4) is 0 Å². The minimum absolute atomic E-state index is 0.126. The predicted molar refractivity (Wildman–Crippen MR) is 86.1 cm³/mol. The third kappa shape index (κ3) is 2.71. The van der Waals surface area contributed by atoms with E-state index in [1.165, 1.54) is 11.1 Å². The molecule has 18 heavy (non-hydrogen) atoms. The van der Waals surface area contributed by atoms with Gasteiger partial charge < -0.3 is 5.73 Å². The first kappa shape index (κ1) is 13.8. The monoisotopic (exact) mass is 371 g/mol. The molecule has 94 valence electrons. The third-order valence-corrected chi connectivity index (χ3v) is 4.86. The van der Waals surface area contributed by atoms with Crippen molar-refractivity contribution in [3.05, 3.63) is 67.2 Å². The first-order chi connectivity index (χ1) is 8.50. The van der Waals surface area contributed by atoms with Crippen LogP contribution in [0.2, 0.25) is 5.02 Å². The lowest BCUT2D eigenvalue weighted by Gasteiger charge is -2.17. The van der Waals surface area contributed by atoms with E-state index in [9.17, 15) is 0 Å². The Morgan fingerprint density at radius 3 is 2.56 bits per heavy atom. The molecular formula is C15H15ClIN.